The molecule has 0 atom stereocenters. The van der Waals surface area contributed by atoms with Gasteiger partial charge in [0.25, 0.3) is 0 Å². The third-order valence-electron chi connectivity index (χ3n) is 4.04. The predicted molar refractivity (Wildman–Crippen MR) is 95.5 cm³/mol. The third-order valence-corrected chi connectivity index (χ3v) is 4.04. The highest BCUT2D eigenvalue weighted by Gasteiger charge is 2.14. The van der Waals surface area contributed by atoms with Crippen LogP contribution >= 0.6 is 0 Å². The van der Waals surface area contributed by atoms with Crippen LogP contribution in [0.5, 0.6) is 0 Å². The average molecular weight is 319 g/mol. The Balaban J connectivity index is 1.96. The molecule has 4 nitrogen and oxygen atoms in total. The van der Waals surface area contributed by atoms with E-state index in [1.165, 1.54) is 11.1 Å². The van der Waals surface area contributed by atoms with Crippen LogP contribution in [-0.2, 0) is 17.8 Å². The molecule has 122 valence electrons. The first-order valence-electron chi connectivity index (χ1n) is 8.07. The van der Waals surface area contributed by atoms with E-state index in [1.54, 1.807) is 0 Å². The number of aryl methyl sites for hydroxylation is 1. The van der Waals surface area contributed by atoms with Crippen LogP contribution in [0.25, 0.3) is 11.3 Å². The second kappa shape index (κ2) is 7.13. The fourth-order valence-corrected chi connectivity index (χ4v) is 2.89. The van der Waals surface area contributed by atoms with E-state index in [1.807, 2.05) is 36.7 Å². The molecular formula is C20H21N3O. The lowest BCUT2D eigenvalue weighted by atomic mass is 10.1. The minimum atomic E-state index is -0.294. The Kier molecular flexibility index (Phi) is 4.75. The Hall–Kier alpha value is -2.88. The number of nitrogens with two attached hydrogens (primary N) is 1. The highest BCUT2D eigenvalue weighted by Crippen LogP contribution is 2.24. The normalized spacial score (nSPS) is 10.7. The molecule has 24 heavy (non-hydrogen) atoms. The van der Waals surface area contributed by atoms with Crippen LogP contribution in [0.15, 0.2) is 60.9 Å². The van der Waals surface area contributed by atoms with E-state index in [-0.39, 0.29) is 5.91 Å². The van der Waals surface area contributed by atoms with Gasteiger partial charge >= 0.3 is 0 Å². The quantitative estimate of drug-likeness (QED) is 0.757. The van der Waals surface area contributed by atoms with Crippen LogP contribution < -0.4 is 5.73 Å². The topological polar surface area (TPSA) is 60.9 Å². The summed E-state index contributed by atoms with van der Waals surface area (Å²) in [7, 11) is 0. The molecule has 0 aliphatic rings. The molecule has 0 saturated carbocycles. The number of benzene rings is 2. The maximum atomic E-state index is 11.2. The van der Waals surface area contributed by atoms with Gasteiger partial charge in [0.1, 0.15) is 0 Å². The molecule has 0 aliphatic heterocycles. The highest BCUT2D eigenvalue weighted by atomic mass is 16.1. The molecule has 0 saturated heterocycles. The van der Waals surface area contributed by atoms with Crippen LogP contribution in [-0.4, -0.2) is 15.5 Å². The van der Waals surface area contributed by atoms with E-state index >= 15 is 0 Å². The number of primary amides is 1. The number of imidazole rings is 1. The number of aromatic nitrogens is 2. The van der Waals surface area contributed by atoms with Crippen molar-refractivity contribution in [2.45, 2.75) is 26.3 Å². The van der Waals surface area contributed by atoms with Crippen molar-refractivity contribution in [2.24, 2.45) is 5.73 Å². The van der Waals surface area contributed by atoms with Crippen LogP contribution in [0, 0.1) is 6.92 Å². The molecule has 0 aliphatic carbocycles. The number of rotatable bonds is 6. The summed E-state index contributed by atoms with van der Waals surface area (Å²) >= 11 is 0. The number of carbonyl (C=O) groups excluding carboxylic acids is 1. The molecule has 0 fully saturated rings. The Morgan fingerprint density at radius 1 is 1.12 bits per heavy atom. The van der Waals surface area contributed by atoms with Gasteiger partial charge in [-0.3, -0.25) is 4.79 Å². The Morgan fingerprint density at radius 3 is 2.62 bits per heavy atom. The summed E-state index contributed by atoms with van der Waals surface area (Å²) < 4.78 is 2.11. The monoisotopic (exact) mass is 319 g/mol. The number of amides is 1. The summed E-state index contributed by atoms with van der Waals surface area (Å²) in [6, 6.07) is 18.5. The Morgan fingerprint density at radius 2 is 1.92 bits per heavy atom. The molecule has 2 N–H and O–H groups in total. The van der Waals surface area contributed by atoms with Crippen molar-refractivity contribution in [3.63, 3.8) is 0 Å². The van der Waals surface area contributed by atoms with E-state index in [0.717, 1.165) is 23.5 Å². The fourth-order valence-electron chi connectivity index (χ4n) is 2.89. The van der Waals surface area contributed by atoms with Gasteiger partial charge in [-0.05, 0) is 18.9 Å². The van der Waals surface area contributed by atoms with Gasteiger partial charge in [-0.25, -0.2) is 4.98 Å². The third kappa shape index (κ3) is 3.71. The zero-order chi connectivity index (χ0) is 16.9. The molecule has 0 spiro atoms. The van der Waals surface area contributed by atoms with E-state index in [9.17, 15) is 4.79 Å². The van der Waals surface area contributed by atoms with Gasteiger partial charge in [-0.1, -0.05) is 60.2 Å². The first-order chi connectivity index (χ1) is 11.6. The first-order valence-corrected chi connectivity index (χ1v) is 8.07. The van der Waals surface area contributed by atoms with Crippen molar-refractivity contribution in [3.8, 4) is 11.3 Å². The lowest BCUT2D eigenvalue weighted by molar-refractivity contribution is -0.118. The van der Waals surface area contributed by atoms with Crippen molar-refractivity contribution >= 4 is 5.91 Å². The maximum Gasteiger partial charge on any atom is 0.217 e. The van der Waals surface area contributed by atoms with E-state index < -0.39 is 0 Å². The van der Waals surface area contributed by atoms with Gasteiger partial charge in [0, 0.05) is 24.2 Å². The molecular weight excluding hydrogens is 298 g/mol. The molecule has 1 aromatic heterocycles. The molecule has 0 radical (unpaired) electrons. The molecule has 3 aromatic rings. The van der Waals surface area contributed by atoms with Gasteiger partial charge in [-0.15, -0.1) is 0 Å². The number of carbonyl (C=O) groups is 1. The average Bonchev–Trinajstić information content (AvgIpc) is 2.96. The summed E-state index contributed by atoms with van der Waals surface area (Å²) in [5.41, 5.74) is 10.8. The smallest absolute Gasteiger partial charge is 0.217 e. The minimum absolute atomic E-state index is 0.294. The van der Waals surface area contributed by atoms with Crippen LogP contribution in [0.2, 0.25) is 0 Å². The predicted octanol–water partition coefficient (Wildman–Crippen LogP) is 3.32. The fraction of sp³-hybridized carbons (Fsp3) is 0.200. The van der Waals surface area contributed by atoms with Crippen molar-refractivity contribution in [1.29, 1.82) is 0 Å². The van der Waals surface area contributed by atoms with Crippen LogP contribution in [0.3, 0.4) is 0 Å². The molecule has 2 aromatic carbocycles. The zero-order valence-corrected chi connectivity index (χ0v) is 13.8. The minimum Gasteiger partial charge on any atom is -0.370 e. The van der Waals surface area contributed by atoms with Crippen molar-refractivity contribution in [3.05, 3.63) is 77.7 Å². The second-order valence-electron chi connectivity index (χ2n) is 5.99. The molecule has 1 amide bonds. The summed E-state index contributed by atoms with van der Waals surface area (Å²) in [5, 5.41) is 0. The van der Waals surface area contributed by atoms with Gasteiger partial charge < -0.3 is 10.3 Å². The molecule has 0 unspecified atom stereocenters. The van der Waals surface area contributed by atoms with Gasteiger partial charge in [0.2, 0.25) is 5.91 Å². The van der Waals surface area contributed by atoms with E-state index in [2.05, 4.69) is 40.7 Å². The summed E-state index contributed by atoms with van der Waals surface area (Å²) in [5.74, 6) is -0.294. The SMILES string of the molecule is Cc1cccc(Cn2cnc(-c3ccccc3)c2CCC(N)=O)c1. The molecule has 4 heteroatoms. The van der Waals surface area contributed by atoms with Crippen LogP contribution in [0.1, 0.15) is 23.2 Å². The van der Waals surface area contributed by atoms with Crippen molar-refractivity contribution < 1.29 is 4.79 Å². The summed E-state index contributed by atoms with van der Waals surface area (Å²) in [6.45, 7) is 2.82. The Bertz CT molecular complexity index is 837. The van der Waals surface area contributed by atoms with Crippen molar-refractivity contribution in [1.82, 2.24) is 9.55 Å². The standard InChI is InChI=1S/C20H21N3O/c1-15-6-5-7-16(12-15)13-23-14-22-20(17-8-3-2-4-9-17)18(23)10-11-19(21)24/h2-9,12,14H,10-11,13H2,1H3,(H2,21,24). The lowest BCUT2D eigenvalue weighted by Gasteiger charge is -2.10. The van der Waals surface area contributed by atoms with E-state index in [0.29, 0.717) is 12.8 Å². The summed E-state index contributed by atoms with van der Waals surface area (Å²) in [6.07, 6.45) is 2.76. The maximum absolute atomic E-state index is 11.2. The van der Waals surface area contributed by atoms with Gasteiger partial charge in [0.15, 0.2) is 0 Å². The first kappa shape index (κ1) is 16.0. The second-order valence-corrected chi connectivity index (χ2v) is 5.99. The largest absolute Gasteiger partial charge is 0.370 e. The molecule has 3 rings (SSSR count). The number of nitrogens with zero attached hydrogens (tertiary/aromatic N) is 2. The highest BCUT2D eigenvalue weighted by molar-refractivity contribution is 5.74. The number of hydrogen-bond acceptors (Lipinski definition) is 2. The van der Waals surface area contributed by atoms with E-state index in [4.69, 9.17) is 5.73 Å². The molecule has 1 heterocycles. The number of hydrogen-bond donors (Lipinski definition) is 1. The zero-order valence-electron chi connectivity index (χ0n) is 13.8. The Labute approximate surface area is 142 Å². The molecule has 0 bridgehead atoms. The van der Waals surface area contributed by atoms with Gasteiger partial charge in [0.05, 0.1) is 12.0 Å². The lowest BCUT2D eigenvalue weighted by Crippen LogP contribution is -2.13. The van der Waals surface area contributed by atoms with Crippen LogP contribution in [0.4, 0.5) is 0 Å². The summed E-state index contributed by atoms with van der Waals surface area (Å²) in [4.78, 5) is 15.8. The van der Waals surface area contributed by atoms with Crippen molar-refractivity contribution in [2.75, 3.05) is 0 Å². The van der Waals surface area contributed by atoms with Gasteiger partial charge in [-0.2, -0.15) is 0 Å².